The van der Waals surface area contributed by atoms with Crippen molar-refractivity contribution >= 4 is 17.0 Å². The Morgan fingerprint density at radius 2 is 2.19 bits per heavy atom. The van der Waals surface area contributed by atoms with Crippen LogP contribution in [0.15, 0.2) is 30.5 Å². The summed E-state index contributed by atoms with van der Waals surface area (Å²) in [4.78, 5) is 13.4. The molecule has 1 heterocycles. The third-order valence-corrected chi connectivity index (χ3v) is 2.39. The Kier molecular flexibility index (Phi) is 3.07. The number of aromatic amines is 1. The molecular weight excluding hydrogens is 206 g/mol. The zero-order valence-corrected chi connectivity index (χ0v) is 8.66. The van der Waals surface area contributed by atoms with Gasteiger partial charge in [-0.25, -0.2) is 10.2 Å². The predicted molar refractivity (Wildman–Crippen MR) is 61.2 cm³/mol. The van der Waals surface area contributed by atoms with E-state index in [1.165, 1.54) is 10.9 Å². The van der Waals surface area contributed by atoms with Crippen LogP contribution in [-0.2, 0) is 6.42 Å². The van der Waals surface area contributed by atoms with Crippen LogP contribution in [-0.4, -0.2) is 22.7 Å². The molecule has 4 N–H and O–H groups in total. The van der Waals surface area contributed by atoms with E-state index >= 15 is 0 Å². The molecule has 0 aliphatic heterocycles. The molecule has 1 aromatic heterocycles. The quantitative estimate of drug-likeness (QED) is 0.464. The van der Waals surface area contributed by atoms with Crippen molar-refractivity contribution in [1.29, 1.82) is 0 Å². The van der Waals surface area contributed by atoms with Crippen LogP contribution in [0.4, 0.5) is 4.79 Å². The van der Waals surface area contributed by atoms with Gasteiger partial charge < -0.3 is 10.1 Å². The first-order chi connectivity index (χ1) is 7.77. The SMILES string of the molecule is O=C(O)NNCCc1c[nH]c2ccccc12. The molecule has 0 unspecified atom stereocenters. The van der Waals surface area contributed by atoms with E-state index in [1.54, 1.807) is 0 Å². The Hall–Kier alpha value is -2.01. The van der Waals surface area contributed by atoms with Crippen molar-refractivity contribution in [3.8, 4) is 0 Å². The smallest absolute Gasteiger partial charge is 0.419 e. The molecule has 0 atom stereocenters. The fraction of sp³-hybridized carbons (Fsp3) is 0.182. The maximum Gasteiger partial charge on any atom is 0.419 e. The number of carbonyl (C=O) groups is 1. The summed E-state index contributed by atoms with van der Waals surface area (Å²) in [6.45, 7) is 0.564. The first-order valence-corrected chi connectivity index (χ1v) is 5.04. The van der Waals surface area contributed by atoms with Crippen LogP contribution in [0, 0.1) is 0 Å². The van der Waals surface area contributed by atoms with Crippen molar-refractivity contribution in [2.75, 3.05) is 6.54 Å². The molecule has 1 aromatic carbocycles. The minimum Gasteiger partial charge on any atom is -0.464 e. The zero-order chi connectivity index (χ0) is 11.4. The first-order valence-electron chi connectivity index (χ1n) is 5.04. The number of fused-ring (bicyclic) bond motifs is 1. The summed E-state index contributed by atoms with van der Waals surface area (Å²) in [5, 5.41) is 9.54. The summed E-state index contributed by atoms with van der Waals surface area (Å²) in [5.74, 6) is 0. The second-order valence-corrected chi connectivity index (χ2v) is 3.47. The predicted octanol–water partition coefficient (Wildman–Crippen LogP) is 1.48. The van der Waals surface area contributed by atoms with Crippen LogP contribution in [0.25, 0.3) is 10.9 Å². The van der Waals surface area contributed by atoms with Crippen LogP contribution < -0.4 is 10.9 Å². The number of H-pyrrole nitrogens is 1. The molecule has 0 saturated carbocycles. The van der Waals surface area contributed by atoms with Crippen LogP contribution in [0.3, 0.4) is 0 Å². The van der Waals surface area contributed by atoms with Gasteiger partial charge in [0.25, 0.3) is 0 Å². The average Bonchev–Trinajstić information content (AvgIpc) is 2.68. The van der Waals surface area contributed by atoms with Crippen LogP contribution in [0.5, 0.6) is 0 Å². The standard InChI is InChI=1S/C11H13N3O2/c15-11(16)14-13-6-5-8-7-12-10-4-2-1-3-9(8)10/h1-4,7,12-14H,5-6H2,(H,15,16). The second-order valence-electron chi connectivity index (χ2n) is 3.47. The number of rotatable bonds is 4. The monoisotopic (exact) mass is 219 g/mol. The Balaban J connectivity index is 1.97. The second kappa shape index (κ2) is 4.67. The highest BCUT2D eigenvalue weighted by atomic mass is 16.4. The van der Waals surface area contributed by atoms with Gasteiger partial charge in [0.15, 0.2) is 0 Å². The maximum absolute atomic E-state index is 10.2. The van der Waals surface area contributed by atoms with E-state index < -0.39 is 6.09 Å². The van der Waals surface area contributed by atoms with E-state index in [-0.39, 0.29) is 0 Å². The topological polar surface area (TPSA) is 77.2 Å². The lowest BCUT2D eigenvalue weighted by Gasteiger charge is -2.02. The molecule has 0 bridgehead atoms. The van der Waals surface area contributed by atoms with E-state index in [0.717, 1.165) is 11.9 Å². The molecule has 16 heavy (non-hydrogen) atoms. The van der Waals surface area contributed by atoms with Gasteiger partial charge in [-0.15, -0.1) is 0 Å². The van der Waals surface area contributed by atoms with Crippen molar-refractivity contribution in [2.45, 2.75) is 6.42 Å². The Labute approximate surface area is 92.4 Å². The minimum absolute atomic E-state index is 0.564. The van der Waals surface area contributed by atoms with Crippen molar-refractivity contribution in [2.24, 2.45) is 0 Å². The molecular formula is C11H13N3O2. The molecule has 1 amide bonds. The molecule has 0 aliphatic rings. The van der Waals surface area contributed by atoms with E-state index in [0.29, 0.717) is 6.54 Å². The fourth-order valence-electron chi connectivity index (χ4n) is 1.67. The fourth-order valence-corrected chi connectivity index (χ4v) is 1.67. The number of para-hydroxylation sites is 1. The number of carboxylic acid groups (broad SMARTS) is 1. The molecule has 0 saturated heterocycles. The summed E-state index contributed by atoms with van der Waals surface area (Å²) in [6, 6.07) is 8.03. The number of aromatic nitrogens is 1. The lowest BCUT2D eigenvalue weighted by molar-refractivity contribution is 0.189. The van der Waals surface area contributed by atoms with Gasteiger partial charge in [-0.1, -0.05) is 18.2 Å². The molecule has 0 aliphatic carbocycles. The van der Waals surface area contributed by atoms with Gasteiger partial charge in [-0.3, -0.25) is 5.43 Å². The van der Waals surface area contributed by atoms with Gasteiger partial charge in [0.05, 0.1) is 0 Å². The van der Waals surface area contributed by atoms with Gasteiger partial charge >= 0.3 is 6.09 Å². The molecule has 5 heteroatoms. The zero-order valence-electron chi connectivity index (χ0n) is 8.66. The van der Waals surface area contributed by atoms with E-state index in [4.69, 9.17) is 5.11 Å². The molecule has 0 radical (unpaired) electrons. The third kappa shape index (κ3) is 2.32. The van der Waals surface area contributed by atoms with Gasteiger partial charge in [0.1, 0.15) is 0 Å². The summed E-state index contributed by atoms with van der Waals surface area (Å²) in [6.07, 6.45) is 1.65. The van der Waals surface area contributed by atoms with Crippen LogP contribution in [0.1, 0.15) is 5.56 Å². The largest absolute Gasteiger partial charge is 0.464 e. The summed E-state index contributed by atoms with van der Waals surface area (Å²) < 4.78 is 0. The molecule has 0 fully saturated rings. The van der Waals surface area contributed by atoms with Crippen molar-refractivity contribution in [1.82, 2.24) is 15.8 Å². The lowest BCUT2D eigenvalue weighted by atomic mass is 10.1. The summed E-state index contributed by atoms with van der Waals surface area (Å²) in [5.41, 5.74) is 7.01. The number of hydrazine groups is 1. The number of hydrogen-bond acceptors (Lipinski definition) is 2. The number of nitrogens with one attached hydrogen (secondary N) is 3. The van der Waals surface area contributed by atoms with Crippen LogP contribution in [0.2, 0.25) is 0 Å². The van der Waals surface area contributed by atoms with E-state index in [2.05, 4.69) is 15.8 Å². The summed E-state index contributed by atoms with van der Waals surface area (Å²) >= 11 is 0. The Morgan fingerprint density at radius 1 is 1.38 bits per heavy atom. The molecule has 5 nitrogen and oxygen atoms in total. The van der Waals surface area contributed by atoms with Gasteiger partial charge in [0, 0.05) is 23.6 Å². The van der Waals surface area contributed by atoms with Crippen LogP contribution >= 0.6 is 0 Å². The number of benzene rings is 1. The van der Waals surface area contributed by atoms with Crippen molar-refractivity contribution < 1.29 is 9.90 Å². The van der Waals surface area contributed by atoms with Crippen molar-refractivity contribution in [3.63, 3.8) is 0 Å². The highest BCUT2D eigenvalue weighted by Crippen LogP contribution is 2.17. The minimum atomic E-state index is -1.07. The highest BCUT2D eigenvalue weighted by molar-refractivity contribution is 5.83. The van der Waals surface area contributed by atoms with Gasteiger partial charge in [-0.05, 0) is 18.1 Å². The molecule has 84 valence electrons. The Bertz CT molecular complexity index is 493. The van der Waals surface area contributed by atoms with Crippen molar-refractivity contribution in [3.05, 3.63) is 36.0 Å². The van der Waals surface area contributed by atoms with Gasteiger partial charge in [-0.2, -0.15) is 0 Å². The highest BCUT2D eigenvalue weighted by Gasteiger charge is 2.02. The number of amides is 1. The average molecular weight is 219 g/mol. The first kappa shape index (κ1) is 10.5. The third-order valence-electron chi connectivity index (χ3n) is 2.39. The molecule has 0 spiro atoms. The van der Waals surface area contributed by atoms with E-state index in [1.807, 2.05) is 30.5 Å². The molecule has 2 aromatic rings. The number of hydrogen-bond donors (Lipinski definition) is 4. The maximum atomic E-state index is 10.2. The summed E-state index contributed by atoms with van der Waals surface area (Å²) in [7, 11) is 0. The Morgan fingerprint density at radius 3 is 3.00 bits per heavy atom. The lowest BCUT2D eigenvalue weighted by Crippen LogP contribution is -2.37. The van der Waals surface area contributed by atoms with Gasteiger partial charge in [0.2, 0.25) is 0 Å². The molecule has 2 rings (SSSR count). The normalized spacial score (nSPS) is 10.5. The van der Waals surface area contributed by atoms with E-state index in [9.17, 15) is 4.79 Å².